The number of carboxylic acids is 1. The van der Waals surface area contributed by atoms with Crippen molar-refractivity contribution in [2.75, 3.05) is 53.4 Å². The second-order valence-electron chi connectivity index (χ2n) is 4.67. The van der Waals surface area contributed by atoms with Crippen LogP contribution in [0.4, 0.5) is 0 Å². The van der Waals surface area contributed by atoms with Gasteiger partial charge >= 0.3 is 17.9 Å². The molecule has 9 nitrogen and oxygen atoms in total. The number of hydrogen-bond acceptors (Lipinski definition) is 8. The van der Waals surface area contributed by atoms with Gasteiger partial charge in [-0.05, 0) is 12.8 Å². The molecule has 9 heteroatoms. The summed E-state index contributed by atoms with van der Waals surface area (Å²) < 4.78 is 24.7. The maximum absolute atomic E-state index is 11.3. The molecule has 0 heterocycles. The summed E-state index contributed by atoms with van der Waals surface area (Å²) >= 11 is 0. The number of rotatable bonds is 16. The SMILES string of the molecule is COC(=O)COCCOCCOCCOC(=O)CCCCC(=O)O. The summed E-state index contributed by atoms with van der Waals surface area (Å²) in [5, 5.41) is 8.45. The minimum atomic E-state index is -0.867. The maximum Gasteiger partial charge on any atom is 0.331 e. The molecule has 0 saturated heterocycles. The van der Waals surface area contributed by atoms with Gasteiger partial charge in [0.15, 0.2) is 0 Å². The number of ether oxygens (including phenoxy) is 5. The zero-order valence-corrected chi connectivity index (χ0v) is 14.0. The van der Waals surface area contributed by atoms with Gasteiger partial charge in [0.25, 0.3) is 0 Å². The number of aliphatic carboxylic acids is 1. The summed E-state index contributed by atoms with van der Waals surface area (Å²) in [5.41, 5.74) is 0. The standard InChI is InChI=1S/C15H26O9/c1-20-15(19)12-23-9-8-21-6-7-22-10-11-24-14(18)5-3-2-4-13(16)17/h2-12H2,1H3,(H,16,17). The predicted molar refractivity (Wildman–Crippen MR) is 81.5 cm³/mol. The van der Waals surface area contributed by atoms with Gasteiger partial charge in [0.05, 0.1) is 40.1 Å². The van der Waals surface area contributed by atoms with Crippen LogP contribution in [0.15, 0.2) is 0 Å². The van der Waals surface area contributed by atoms with Crippen LogP contribution in [-0.4, -0.2) is 76.4 Å². The van der Waals surface area contributed by atoms with E-state index in [0.29, 0.717) is 32.7 Å². The Balaban J connectivity index is 3.20. The van der Waals surface area contributed by atoms with E-state index in [4.69, 9.17) is 24.1 Å². The molecule has 0 spiro atoms. The molecule has 140 valence electrons. The zero-order chi connectivity index (χ0) is 18.0. The summed E-state index contributed by atoms with van der Waals surface area (Å²) in [7, 11) is 1.29. The van der Waals surface area contributed by atoms with Gasteiger partial charge in [-0.3, -0.25) is 9.59 Å². The van der Waals surface area contributed by atoms with Crippen LogP contribution in [0.25, 0.3) is 0 Å². The van der Waals surface area contributed by atoms with Gasteiger partial charge in [0.1, 0.15) is 13.2 Å². The predicted octanol–water partition coefficient (Wildman–Crippen LogP) is 0.397. The van der Waals surface area contributed by atoms with Gasteiger partial charge in [-0.1, -0.05) is 0 Å². The highest BCUT2D eigenvalue weighted by molar-refractivity contribution is 5.70. The maximum atomic E-state index is 11.3. The minimum absolute atomic E-state index is 0.0596. The number of unbranched alkanes of at least 4 members (excludes halogenated alkanes) is 1. The molecule has 0 unspecified atom stereocenters. The smallest absolute Gasteiger partial charge is 0.331 e. The summed E-state index contributed by atoms with van der Waals surface area (Å²) in [6.07, 6.45) is 1.23. The van der Waals surface area contributed by atoms with Gasteiger partial charge in [-0.15, -0.1) is 0 Å². The van der Waals surface area contributed by atoms with E-state index in [-0.39, 0.29) is 45.2 Å². The Bertz CT molecular complexity index is 357. The molecular weight excluding hydrogens is 324 g/mol. The first-order valence-electron chi connectivity index (χ1n) is 7.73. The number of hydrogen-bond donors (Lipinski definition) is 1. The molecule has 0 atom stereocenters. The minimum Gasteiger partial charge on any atom is -0.481 e. The molecule has 0 rings (SSSR count). The first kappa shape index (κ1) is 22.3. The molecular formula is C15H26O9. The highest BCUT2D eigenvalue weighted by atomic mass is 16.6. The first-order valence-corrected chi connectivity index (χ1v) is 7.73. The van der Waals surface area contributed by atoms with Crippen LogP contribution in [0, 0.1) is 0 Å². The quantitative estimate of drug-likeness (QED) is 0.312. The summed E-state index contributed by atoms with van der Waals surface area (Å²) in [4.78, 5) is 32.3. The molecule has 0 aliphatic carbocycles. The summed E-state index contributed by atoms with van der Waals surface area (Å²) in [5.74, 6) is -1.66. The monoisotopic (exact) mass is 350 g/mol. The van der Waals surface area contributed by atoms with E-state index in [1.165, 1.54) is 7.11 Å². The molecule has 24 heavy (non-hydrogen) atoms. The van der Waals surface area contributed by atoms with E-state index in [1.807, 2.05) is 0 Å². The van der Waals surface area contributed by atoms with E-state index >= 15 is 0 Å². The van der Waals surface area contributed by atoms with Gasteiger partial charge in [-0.25, -0.2) is 4.79 Å². The average Bonchev–Trinajstić information content (AvgIpc) is 2.56. The van der Waals surface area contributed by atoms with Crippen LogP contribution < -0.4 is 0 Å². The molecule has 0 amide bonds. The Morgan fingerprint density at radius 1 is 0.750 bits per heavy atom. The zero-order valence-electron chi connectivity index (χ0n) is 14.0. The van der Waals surface area contributed by atoms with E-state index < -0.39 is 11.9 Å². The molecule has 0 saturated carbocycles. The Kier molecular flexibility index (Phi) is 15.0. The fourth-order valence-corrected chi connectivity index (χ4v) is 1.49. The molecule has 0 aliphatic rings. The lowest BCUT2D eigenvalue weighted by Crippen LogP contribution is -2.15. The lowest BCUT2D eigenvalue weighted by molar-refractivity contribution is -0.146. The molecule has 0 radical (unpaired) electrons. The first-order chi connectivity index (χ1) is 11.6. The van der Waals surface area contributed by atoms with Crippen LogP contribution in [0.3, 0.4) is 0 Å². The Hall–Kier alpha value is -1.71. The Labute approximate surface area is 141 Å². The van der Waals surface area contributed by atoms with Crippen molar-refractivity contribution in [1.29, 1.82) is 0 Å². The molecule has 0 aromatic carbocycles. The topological polar surface area (TPSA) is 118 Å². The lowest BCUT2D eigenvalue weighted by atomic mass is 10.2. The fourth-order valence-electron chi connectivity index (χ4n) is 1.49. The van der Waals surface area contributed by atoms with Gasteiger partial charge in [0.2, 0.25) is 0 Å². The van der Waals surface area contributed by atoms with Crippen molar-refractivity contribution >= 4 is 17.9 Å². The van der Waals surface area contributed by atoms with E-state index in [1.54, 1.807) is 0 Å². The third-order valence-corrected chi connectivity index (χ3v) is 2.70. The number of carbonyl (C=O) groups excluding carboxylic acids is 2. The van der Waals surface area contributed by atoms with Crippen molar-refractivity contribution in [1.82, 2.24) is 0 Å². The number of carboxylic acid groups (broad SMARTS) is 1. The van der Waals surface area contributed by atoms with Crippen LogP contribution in [0.2, 0.25) is 0 Å². The van der Waals surface area contributed by atoms with Crippen molar-refractivity contribution in [2.24, 2.45) is 0 Å². The number of carbonyl (C=O) groups is 3. The Morgan fingerprint density at radius 2 is 1.29 bits per heavy atom. The van der Waals surface area contributed by atoms with Crippen LogP contribution in [0.5, 0.6) is 0 Å². The number of methoxy groups -OCH3 is 1. The van der Waals surface area contributed by atoms with E-state index in [0.717, 1.165) is 0 Å². The molecule has 0 aliphatic heterocycles. The molecule has 0 aromatic heterocycles. The van der Waals surface area contributed by atoms with Crippen molar-refractivity contribution in [2.45, 2.75) is 25.7 Å². The summed E-state index contributed by atoms with van der Waals surface area (Å²) in [6.45, 7) is 1.67. The van der Waals surface area contributed by atoms with E-state index in [2.05, 4.69) is 4.74 Å². The molecule has 1 N–H and O–H groups in total. The van der Waals surface area contributed by atoms with Crippen molar-refractivity contribution in [3.05, 3.63) is 0 Å². The van der Waals surface area contributed by atoms with Gasteiger partial charge in [-0.2, -0.15) is 0 Å². The number of esters is 2. The average molecular weight is 350 g/mol. The van der Waals surface area contributed by atoms with Crippen molar-refractivity contribution in [3.63, 3.8) is 0 Å². The van der Waals surface area contributed by atoms with Crippen molar-refractivity contribution < 1.29 is 43.2 Å². The van der Waals surface area contributed by atoms with Gasteiger partial charge in [0, 0.05) is 12.8 Å². The molecule has 0 fully saturated rings. The second kappa shape index (κ2) is 16.2. The summed E-state index contributed by atoms with van der Waals surface area (Å²) in [6, 6.07) is 0. The van der Waals surface area contributed by atoms with Crippen LogP contribution >= 0.6 is 0 Å². The van der Waals surface area contributed by atoms with Crippen LogP contribution in [0.1, 0.15) is 25.7 Å². The second-order valence-corrected chi connectivity index (χ2v) is 4.67. The molecule has 0 bridgehead atoms. The largest absolute Gasteiger partial charge is 0.481 e. The highest BCUT2D eigenvalue weighted by Gasteiger charge is 2.04. The lowest BCUT2D eigenvalue weighted by Gasteiger charge is -2.07. The van der Waals surface area contributed by atoms with Crippen LogP contribution in [-0.2, 0) is 38.1 Å². The van der Waals surface area contributed by atoms with E-state index in [9.17, 15) is 14.4 Å². The van der Waals surface area contributed by atoms with Gasteiger partial charge < -0.3 is 28.8 Å². The normalized spacial score (nSPS) is 10.4. The highest BCUT2D eigenvalue weighted by Crippen LogP contribution is 2.01. The molecule has 0 aromatic rings. The fraction of sp³-hybridized carbons (Fsp3) is 0.800. The third kappa shape index (κ3) is 16.7. The van der Waals surface area contributed by atoms with Crippen molar-refractivity contribution in [3.8, 4) is 0 Å². The third-order valence-electron chi connectivity index (χ3n) is 2.70. The Morgan fingerprint density at radius 3 is 1.88 bits per heavy atom.